The lowest BCUT2D eigenvalue weighted by atomic mass is 10.0. The number of nitrogens with two attached hydrogens (primary N) is 1. The molecule has 2 bridgehead atoms. The average molecular weight is 281 g/mol. The van der Waals surface area contributed by atoms with Crippen LogP contribution in [0.25, 0.3) is 0 Å². The Morgan fingerprint density at radius 1 is 1.44 bits per heavy atom. The summed E-state index contributed by atoms with van der Waals surface area (Å²) in [6, 6.07) is -1.90. The summed E-state index contributed by atoms with van der Waals surface area (Å²) in [5, 5.41) is 0.684. The fourth-order valence-corrected chi connectivity index (χ4v) is 2.57. The highest BCUT2D eigenvalue weighted by molar-refractivity contribution is 7.81. The molecule has 0 unspecified atom stereocenters. The Morgan fingerprint density at radius 3 is 2.67 bits per heavy atom. The molecular weight excluding hydrogens is 268 g/mol. The number of hydroxylamine groups is 2. The minimum atomic E-state index is -4.36. The molecule has 2 saturated heterocycles. The minimum absolute atomic E-state index is 0.194. The van der Waals surface area contributed by atoms with E-state index < -0.39 is 34.4 Å². The highest BCUT2D eigenvalue weighted by atomic mass is 32.3. The molecule has 2 aliphatic rings. The molecule has 2 heterocycles. The van der Waals surface area contributed by atoms with Gasteiger partial charge in [-0.25, -0.2) is 4.79 Å². The molecule has 0 radical (unpaired) electrons. The van der Waals surface area contributed by atoms with Gasteiger partial charge in [-0.3, -0.25) is 4.79 Å². The largest absolute Gasteiger partial charge is 0.466 e. The normalized spacial score (nSPS) is 27.7. The molecule has 2 rings (SSSR count). The number of hydrogen-bond donors (Lipinski definition) is 2. The number of quaternary nitrogens is 1. The topological polar surface area (TPSA) is 147 Å². The second-order valence-electron chi connectivity index (χ2n) is 4.01. The van der Waals surface area contributed by atoms with Crippen molar-refractivity contribution in [1.29, 1.82) is 0 Å². The van der Waals surface area contributed by atoms with Gasteiger partial charge in [0.2, 0.25) is 5.91 Å². The van der Waals surface area contributed by atoms with Crippen LogP contribution in [-0.2, 0) is 23.8 Å². The van der Waals surface area contributed by atoms with Crippen molar-refractivity contribution in [3.05, 3.63) is 0 Å². The maximum atomic E-state index is 11.9. The number of carbonyl (C=O) groups excluding carboxylic acids is 2. The molecule has 0 aromatic rings. The Balaban J connectivity index is 2.18. The summed E-state index contributed by atoms with van der Waals surface area (Å²) in [5.41, 5.74) is 5.17. The van der Waals surface area contributed by atoms with Crippen molar-refractivity contribution >= 4 is 22.3 Å². The maximum Gasteiger partial charge on any atom is 0.466 e. The van der Waals surface area contributed by atoms with E-state index in [1.807, 2.05) is 0 Å². The highest BCUT2D eigenvalue weighted by Crippen LogP contribution is 2.30. The number of amides is 3. The van der Waals surface area contributed by atoms with Crippen molar-refractivity contribution in [2.75, 3.05) is 6.54 Å². The standard InChI is InChI=1S/C7H12N4O6S/c8-6(12)5-2-1-4-3-10(5)7(13)11(4)17-18(14,15)16-9/h4-5H,1-3H2,9H3,(H-,8,12)/p+1/t4-,5+/m1/s1. The van der Waals surface area contributed by atoms with Gasteiger partial charge in [-0.05, 0) is 12.8 Å². The number of hydrogen-bond acceptors (Lipinski definition) is 6. The Bertz CT molecular complexity index is 478. The van der Waals surface area contributed by atoms with Gasteiger partial charge >= 0.3 is 16.4 Å². The number of primary amides is 1. The zero-order valence-electron chi connectivity index (χ0n) is 9.31. The molecule has 0 aromatic heterocycles. The Kier molecular flexibility index (Phi) is 3.14. The predicted octanol–water partition coefficient (Wildman–Crippen LogP) is -2.91. The van der Waals surface area contributed by atoms with Gasteiger partial charge in [-0.1, -0.05) is 4.28 Å². The van der Waals surface area contributed by atoms with Crippen molar-refractivity contribution in [3.63, 3.8) is 0 Å². The summed E-state index contributed by atoms with van der Waals surface area (Å²) in [7, 11) is -4.36. The first-order chi connectivity index (χ1) is 8.35. The number of fused-ring (bicyclic) bond motifs is 2. The van der Waals surface area contributed by atoms with E-state index in [0.29, 0.717) is 17.9 Å². The van der Waals surface area contributed by atoms with Gasteiger partial charge in [-0.2, -0.15) is 19.4 Å². The first-order valence-electron chi connectivity index (χ1n) is 5.13. The summed E-state index contributed by atoms with van der Waals surface area (Å²) in [5.74, 6) is 2.09. The molecule has 5 N–H and O–H groups in total. The van der Waals surface area contributed by atoms with Gasteiger partial charge < -0.3 is 10.6 Å². The third kappa shape index (κ3) is 2.12. The zero-order valence-corrected chi connectivity index (χ0v) is 10.1. The third-order valence-corrected chi connectivity index (χ3v) is 3.60. The van der Waals surface area contributed by atoms with Crippen LogP contribution in [0.15, 0.2) is 0 Å². The lowest BCUT2D eigenvalue weighted by Gasteiger charge is -2.27. The molecule has 10 nitrogen and oxygen atoms in total. The van der Waals surface area contributed by atoms with Gasteiger partial charge in [0.05, 0.1) is 6.04 Å². The van der Waals surface area contributed by atoms with Crippen LogP contribution >= 0.6 is 0 Å². The molecule has 0 aromatic carbocycles. The van der Waals surface area contributed by atoms with Crippen LogP contribution < -0.4 is 11.6 Å². The van der Waals surface area contributed by atoms with E-state index in [9.17, 15) is 18.0 Å². The lowest BCUT2D eigenvalue weighted by Crippen LogP contribution is -2.53. The van der Waals surface area contributed by atoms with Crippen molar-refractivity contribution in [2.45, 2.75) is 24.9 Å². The molecule has 0 aliphatic carbocycles. The van der Waals surface area contributed by atoms with Crippen molar-refractivity contribution in [3.8, 4) is 0 Å². The maximum absolute atomic E-state index is 11.9. The fraction of sp³-hybridized carbons (Fsp3) is 0.714. The number of rotatable bonds is 4. The van der Waals surface area contributed by atoms with E-state index in [4.69, 9.17) is 5.73 Å². The fourth-order valence-electron chi connectivity index (χ4n) is 2.15. The van der Waals surface area contributed by atoms with E-state index in [-0.39, 0.29) is 6.54 Å². The van der Waals surface area contributed by atoms with Crippen molar-refractivity contribution < 1.29 is 32.5 Å². The molecule has 18 heavy (non-hydrogen) atoms. The predicted molar refractivity (Wildman–Crippen MR) is 53.9 cm³/mol. The average Bonchev–Trinajstić information content (AvgIpc) is 2.54. The van der Waals surface area contributed by atoms with E-state index in [1.54, 1.807) is 0 Å². The second kappa shape index (κ2) is 4.35. The second-order valence-corrected chi connectivity index (χ2v) is 5.21. The van der Waals surface area contributed by atoms with Gasteiger partial charge in [-0.15, -0.1) is 4.28 Å². The van der Waals surface area contributed by atoms with Crippen LogP contribution in [-0.4, -0.2) is 48.9 Å². The molecule has 0 spiro atoms. The van der Waals surface area contributed by atoms with E-state index in [0.717, 1.165) is 0 Å². The molecule has 102 valence electrons. The number of carbonyl (C=O) groups is 2. The summed E-state index contributed by atoms with van der Waals surface area (Å²) in [6.45, 7) is 0.194. The molecular formula is C7H13N4O6S+. The number of nitrogens with zero attached hydrogens (tertiary/aromatic N) is 2. The zero-order chi connectivity index (χ0) is 13.5. The first-order valence-corrected chi connectivity index (χ1v) is 6.46. The SMILES string of the molecule is NC(=O)[C@@H]1CC[C@@H]2CN1C(=O)N2OS(=O)(=O)O[NH3+]. The smallest absolute Gasteiger partial charge is 0.368 e. The van der Waals surface area contributed by atoms with Crippen LogP contribution in [0.3, 0.4) is 0 Å². The van der Waals surface area contributed by atoms with Crippen molar-refractivity contribution in [2.24, 2.45) is 5.73 Å². The van der Waals surface area contributed by atoms with E-state index >= 15 is 0 Å². The summed E-state index contributed by atoms with van der Waals surface area (Å²) < 4.78 is 30.5. The molecule has 2 aliphatic heterocycles. The molecule has 0 saturated carbocycles. The van der Waals surface area contributed by atoms with Crippen LogP contribution in [0, 0.1) is 0 Å². The first kappa shape index (κ1) is 13.0. The van der Waals surface area contributed by atoms with Crippen LogP contribution in [0.1, 0.15) is 12.8 Å². The van der Waals surface area contributed by atoms with Crippen LogP contribution in [0.5, 0.6) is 0 Å². The summed E-state index contributed by atoms with van der Waals surface area (Å²) in [6.07, 6.45) is 0.791. The number of urea groups is 1. The van der Waals surface area contributed by atoms with Crippen LogP contribution in [0.4, 0.5) is 4.79 Å². The Labute approximate surface area is 103 Å². The van der Waals surface area contributed by atoms with E-state index in [2.05, 4.69) is 14.5 Å². The minimum Gasteiger partial charge on any atom is -0.368 e. The lowest BCUT2D eigenvalue weighted by molar-refractivity contribution is -0.638. The summed E-state index contributed by atoms with van der Waals surface area (Å²) in [4.78, 5) is 24.2. The Morgan fingerprint density at radius 2 is 2.11 bits per heavy atom. The van der Waals surface area contributed by atoms with Crippen molar-refractivity contribution in [1.82, 2.24) is 9.96 Å². The highest BCUT2D eigenvalue weighted by Gasteiger charge is 2.49. The Hall–Kier alpha value is -1.43. The summed E-state index contributed by atoms with van der Waals surface area (Å²) >= 11 is 0. The quantitative estimate of drug-likeness (QED) is 0.528. The third-order valence-electron chi connectivity index (χ3n) is 2.97. The van der Waals surface area contributed by atoms with Crippen LogP contribution in [0.2, 0.25) is 0 Å². The van der Waals surface area contributed by atoms with Gasteiger partial charge in [0.1, 0.15) is 6.04 Å². The van der Waals surface area contributed by atoms with Gasteiger partial charge in [0, 0.05) is 6.54 Å². The number of piperidine rings is 1. The molecule has 2 fully saturated rings. The molecule has 2 atom stereocenters. The van der Waals surface area contributed by atoms with Gasteiger partial charge in [0.15, 0.2) is 0 Å². The molecule has 3 amide bonds. The van der Waals surface area contributed by atoms with Gasteiger partial charge in [0.25, 0.3) is 0 Å². The molecule has 11 heteroatoms. The monoisotopic (exact) mass is 281 g/mol. The van der Waals surface area contributed by atoms with E-state index in [1.165, 1.54) is 4.90 Å².